The van der Waals surface area contributed by atoms with E-state index in [4.69, 9.17) is 4.42 Å². The molecule has 0 radical (unpaired) electrons. The average Bonchev–Trinajstić information content (AvgIpc) is 2.76. The van der Waals surface area contributed by atoms with E-state index in [1.165, 1.54) is 13.2 Å². The van der Waals surface area contributed by atoms with Crippen LogP contribution in [-0.2, 0) is 0 Å². The molecule has 1 heterocycles. The molecule has 1 amide bonds. The molecule has 0 unspecified atom stereocenters. The van der Waals surface area contributed by atoms with Crippen LogP contribution in [0.3, 0.4) is 0 Å². The predicted octanol–water partition coefficient (Wildman–Crippen LogP) is 3.04. The third kappa shape index (κ3) is 2.48. The van der Waals surface area contributed by atoms with Crippen molar-refractivity contribution in [1.82, 2.24) is 0 Å². The van der Waals surface area contributed by atoms with Gasteiger partial charge in [-0.3, -0.25) is 9.59 Å². The Labute approximate surface area is 105 Å². The van der Waals surface area contributed by atoms with E-state index in [0.29, 0.717) is 22.6 Å². The second-order valence-corrected chi connectivity index (χ2v) is 4.00. The molecule has 0 fully saturated rings. The number of hydrogen-bond donors (Lipinski definition) is 1. The number of anilines is 1. The summed E-state index contributed by atoms with van der Waals surface area (Å²) in [6.07, 6.45) is 1.39. The van der Waals surface area contributed by atoms with E-state index in [1.54, 1.807) is 37.3 Å². The molecule has 0 saturated carbocycles. The van der Waals surface area contributed by atoms with Gasteiger partial charge in [0.05, 0.1) is 11.3 Å². The summed E-state index contributed by atoms with van der Waals surface area (Å²) in [6.45, 7) is 3.23. The maximum absolute atomic E-state index is 11.9. The minimum absolute atomic E-state index is 0.0886. The highest BCUT2D eigenvalue weighted by atomic mass is 16.3. The van der Waals surface area contributed by atoms with Gasteiger partial charge in [-0.1, -0.05) is 12.1 Å². The first-order valence-electron chi connectivity index (χ1n) is 5.54. The molecule has 4 heteroatoms. The molecule has 1 aromatic carbocycles. The van der Waals surface area contributed by atoms with Gasteiger partial charge in [0.15, 0.2) is 5.78 Å². The molecule has 18 heavy (non-hydrogen) atoms. The van der Waals surface area contributed by atoms with Gasteiger partial charge in [0.2, 0.25) is 0 Å². The molecule has 0 atom stereocenters. The van der Waals surface area contributed by atoms with Gasteiger partial charge in [-0.25, -0.2) is 0 Å². The summed E-state index contributed by atoms with van der Waals surface area (Å²) in [5.74, 6) is 0.287. The van der Waals surface area contributed by atoms with Crippen molar-refractivity contribution in [3.8, 4) is 0 Å². The largest absolute Gasteiger partial charge is 0.469 e. The van der Waals surface area contributed by atoms with Crippen LogP contribution in [0.1, 0.15) is 33.4 Å². The number of rotatable bonds is 3. The van der Waals surface area contributed by atoms with E-state index in [2.05, 4.69) is 5.32 Å². The van der Waals surface area contributed by atoms with Gasteiger partial charge in [0.25, 0.3) is 5.91 Å². The van der Waals surface area contributed by atoms with E-state index in [0.717, 1.165) is 0 Å². The number of ketones is 1. The average molecular weight is 243 g/mol. The summed E-state index contributed by atoms with van der Waals surface area (Å²) in [4.78, 5) is 23.3. The molecule has 0 aliphatic rings. The Morgan fingerprint density at radius 3 is 2.56 bits per heavy atom. The monoisotopic (exact) mass is 243 g/mol. The van der Waals surface area contributed by atoms with Gasteiger partial charge in [0, 0.05) is 5.56 Å². The van der Waals surface area contributed by atoms with Gasteiger partial charge in [-0.15, -0.1) is 0 Å². The van der Waals surface area contributed by atoms with Crippen LogP contribution in [-0.4, -0.2) is 11.7 Å². The molecule has 4 nitrogen and oxygen atoms in total. The zero-order chi connectivity index (χ0) is 13.1. The Bertz CT molecular complexity index is 599. The summed E-state index contributed by atoms with van der Waals surface area (Å²) in [6, 6.07) is 8.54. The molecule has 92 valence electrons. The molecule has 0 saturated heterocycles. The van der Waals surface area contributed by atoms with Gasteiger partial charge >= 0.3 is 0 Å². The third-order valence-corrected chi connectivity index (χ3v) is 2.55. The van der Waals surface area contributed by atoms with Crippen LogP contribution in [0.5, 0.6) is 0 Å². The lowest BCUT2D eigenvalue weighted by molar-refractivity contribution is 0.101. The molecule has 0 aliphatic carbocycles. The number of nitrogens with one attached hydrogen (secondary N) is 1. The Morgan fingerprint density at radius 1 is 1.22 bits per heavy atom. The SMILES string of the molecule is CC(=O)c1ccccc1NC(=O)c1coc(C)c1. The Morgan fingerprint density at radius 2 is 1.94 bits per heavy atom. The summed E-state index contributed by atoms with van der Waals surface area (Å²) >= 11 is 0. The predicted molar refractivity (Wildman–Crippen MR) is 67.8 cm³/mol. The first kappa shape index (κ1) is 12.1. The number of Topliss-reactive ketones (excluding diaryl/α,β-unsaturated/α-hetero) is 1. The third-order valence-electron chi connectivity index (χ3n) is 2.55. The van der Waals surface area contributed by atoms with E-state index in [9.17, 15) is 9.59 Å². The van der Waals surface area contributed by atoms with Gasteiger partial charge in [-0.2, -0.15) is 0 Å². The molecular weight excluding hydrogens is 230 g/mol. The van der Waals surface area contributed by atoms with E-state index in [-0.39, 0.29) is 11.7 Å². The van der Waals surface area contributed by atoms with Crippen molar-refractivity contribution in [2.75, 3.05) is 5.32 Å². The lowest BCUT2D eigenvalue weighted by Gasteiger charge is -2.07. The fourth-order valence-corrected chi connectivity index (χ4v) is 1.66. The van der Waals surface area contributed by atoms with Crippen LogP contribution >= 0.6 is 0 Å². The van der Waals surface area contributed by atoms with Crippen molar-refractivity contribution in [2.24, 2.45) is 0 Å². The van der Waals surface area contributed by atoms with Gasteiger partial charge in [0.1, 0.15) is 12.0 Å². The number of furan rings is 1. The summed E-state index contributed by atoms with van der Waals surface area (Å²) in [5.41, 5.74) is 1.44. The first-order chi connectivity index (χ1) is 8.58. The van der Waals surface area contributed by atoms with E-state index < -0.39 is 0 Å². The van der Waals surface area contributed by atoms with Crippen molar-refractivity contribution in [3.05, 3.63) is 53.5 Å². The van der Waals surface area contributed by atoms with E-state index in [1.807, 2.05) is 0 Å². The molecule has 2 rings (SSSR count). The Balaban J connectivity index is 2.24. The number of benzene rings is 1. The number of amides is 1. The van der Waals surface area contributed by atoms with Gasteiger partial charge < -0.3 is 9.73 Å². The quantitative estimate of drug-likeness (QED) is 0.843. The number of hydrogen-bond acceptors (Lipinski definition) is 3. The number of carbonyl (C=O) groups is 2. The molecule has 1 aromatic heterocycles. The topological polar surface area (TPSA) is 59.3 Å². The van der Waals surface area contributed by atoms with Crippen LogP contribution in [0, 0.1) is 6.92 Å². The highest BCUT2D eigenvalue weighted by molar-refractivity contribution is 6.08. The lowest BCUT2D eigenvalue weighted by atomic mass is 10.1. The van der Waals surface area contributed by atoms with Crippen LogP contribution < -0.4 is 5.32 Å². The van der Waals surface area contributed by atoms with Gasteiger partial charge in [-0.05, 0) is 32.0 Å². The molecule has 0 bridgehead atoms. The molecule has 0 spiro atoms. The Kier molecular flexibility index (Phi) is 3.28. The van der Waals surface area contributed by atoms with Crippen molar-refractivity contribution in [2.45, 2.75) is 13.8 Å². The highest BCUT2D eigenvalue weighted by Crippen LogP contribution is 2.17. The van der Waals surface area contributed by atoms with Crippen LogP contribution in [0.15, 0.2) is 41.0 Å². The summed E-state index contributed by atoms with van der Waals surface area (Å²) < 4.78 is 5.07. The smallest absolute Gasteiger partial charge is 0.258 e. The molecular formula is C14H13NO3. The fourth-order valence-electron chi connectivity index (χ4n) is 1.66. The summed E-state index contributed by atoms with van der Waals surface area (Å²) in [5, 5.41) is 2.70. The van der Waals surface area contributed by atoms with Crippen LogP contribution in [0.25, 0.3) is 0 Å². The minimum Gasteiger partial charge on any atom is -0.469 e. The second kappa shape index (κ2) is 4.87. The highest BCUT2D eigenvalue weighted by Gasteiger charge is 2.12. The minimum atomic E-state index is -0.291. The zero-order valence-corrected chi connectivity index (χ0v) is 10.2. The Hall–Kier alpha value is -2.36. The number of aryl methyl sites for hydroxylation is 1. The van der Waals surface area contributed by atoms with Crippen molar-refractivity contribution in [1.29, 1.82) is 0 Å². The number of para-hydroxylation sites is 1. The maximum atomic E-state index is 11.9. The molecule has 2 aromatic rings. The standard InChI is InChI=1S/C14H13NO3/c1-9-7-11(8-18-9)14(17)15-13-6-4-3-5-12(13)10(2)16/h3-8H,1-2H3,(H,15,17). The fraction of sp³-hybridized carbons (Fsp3) is 0.143. The normalized spacial score (nSPS) is 10.1. The number of carbonyl (C=O) groups excluding carboxylic acids is 2. The second-order valence-electron chi connectivity index (χ2n) is 4.00. The van der Waals surface area contributed by atoms with Crippen molar-refractivity contribution < 1.29 is 14.0 Å². The lowest BCUT2D eigenvalue weighted by Crippen LogP contribution is -2.13. The van der Waals surface area contributed by atoms with Crippen molar-refractivity contribution in [3.63, 3.8) is 0 Å². The van der Waals surface area contributed by atoms with Crippen LogP contribution in [0.2, 0.25) is 0 Å². The maximum Gasteiger partial charge on any atom is 0.258 e. The summed E-state index contributed by atoms with van der Waals surface area (Å²) in [7, 11) is 0. The first-order valence-corrected chi connectivity index (χ1v) is 5.54. The van der Waals surface area contributed by atoms with Crippen LogP contribution in [0.4, 0.5) is 5.69 Å². The van der Waals surface area contributed by atoms with E-state index >= 15 is 0 Å². The van der Waals surface area contributed by atoms with Crippen molar-refractivity contribution >= 4 is 17.4 Å². The molecule has 0 aliphatic heterocycles. The zero-order valence-electron chi connectivity index (χ0n) is 10.2. The molecule has 1 N–H and O–H groups in total.